The number of fused-ring (bicyclic) bond motifs is 5. The molecule has 184 valence electrons. The molecular formula is C25H28FN5O4. The van der Waals surface area contributed by atoms with Crippen LogP contribution in [0.5, 0.6) is 11.6 Å². The monoisotopic (exact) mass is 481 g/mol. The van der Waals surface area contributed by atoms with E-state index < -0.39 is 17.5 Å². The van der Waals surface area contributed by atoms with Crippen LogP contribution < -0.4 is 14.8 Å². The molecule has 35 heavy (non-hydrogen) atoms. The van der Waals surface area contributed by atoms with Crippen LogP contribution in [0.4, 0.5) is 4.39 Å². The van der Waals surface area contributed by atoms with E-state index in [1.54, 1.807) is 6.20 Å². The molecule has 3 aliphatic heterocycles. The Morgan fingerprint density at radius 3 is 2.71 bits per heavy atom. The first-order chi connectivity index (χ1) is 17.0. The molecule has 2 N–H and O–H groups in total. The average Bonchev–Trinajstić information content (AvgIpc) is 2.90. The number of ether oxygens (including phenoxy) is 3. The zero-order valence-corrected chi connectivity index (χ0v) is 19.6. The Kier molecular flexibility index (Phi) is 5.54. The van der Waals surface area contributed by atoms with Crippen LogP contribution in [-0.4, -0.2) is 62.1 Å². The number of aliphatic hydroxyl groups excluding tert-OH is 1. The van der Waals surface area contributed by atoms with E-state index >= 15 is 0 Å². The Morgan fingerprint density at radius 2 is 1.91 bits per heavy atom. The molecule has 0 amide bonds. The van der Waals surface area contributed by atoms with Crippen LogP contribution in [0, 0.1) is 12.7 Å². The van der Waals surface area contributed by atoms with Gasteiger partial charge in [0, 0.05) is 23.2 Å². The molecule has 2 saturated heterocycles. The van der Waals surface area contributed by atoms with Crippen molar-refractivity contribution in [3.05, 3.63) is 47.4 Å². The van der Waals surface area contributed by atoms with E-state index in [0.29, 0.717) is 73.3 Å². The van der Waals surface area contributed by atoms with Crippen molar-refractivity contribution in [1.82, 2.24) is 25.3 Å². The molecule has 0 aromatic carbocycles. The fourth-order valence-electron chi connectivity index (χ4n) is 5.38. The summed E-state index contributed by atoms with van der Waals surface area (Å²) in [7, 11) is 0. The van der Waals surface area contributed by atoms with Crippen molar-refractivity contribution >= 4 is 11.0 Å². The van der Waals surface area contributed by atoms with Gasteiger partial charge in [-0.25, -0.2) is 9.37 Å². The van der Waals surface area contributed by atoms with Crippen LogP contribution in [0.25, 0.3) is 11.0 Å². The lowest BCUT2D eigenvalue weighted by molar-refractivity contribution is -0.208. The minimum absolute atomic E-state index is 0.132. The van der Waals surface area contributed by atoms with Gasteiger partial charge in [0.15, 0.2) is 5.75 Å². The molecule has 3 fully saturated rings. The van der Waals surface area contributed by atoms with Crippen molar-refractivity contribution in [3.8, 4) is 11.6 Å². The van der Waals surface area contributed by atoms with Crippen molar-refractivity contribution < 1.29 is 23.7 Å². The summed E-state index contributed by atoms with van der Waals surface area (Å²) in [6, 6.07) is 3.68. The van der Waals surface area contributed by atoms with Crippen molar-refractivity contribution in [3.63, 3.8) is 0 Å². The fraction of sp³-hybridized carbons (Fsp3) is 0.520. The summed E-state index contributed by atoms with van der Waals surface area (Å²) < 4.78 is 32.1. The standard InChI is InChI=1S/C25H28FN5O4/c1-15-2-3-18-22(30-15)16(17(26)11-27-18)10-20(32)25-6-4-24(5-7-25,14-35-25)29-13-21-28-12-19-23(31-21)34-9-8-33-19/h2-3,11-12,20,29,32H,4-10,13-14H2,1H3. The number of rotatable bonds is 6. The molecule has 7 rings (SSSR count). The molecule has 1 unspecified atom stereocenters. The molecule has 0 spiro atoms. The summed E-state index contributed by atoms with van der Waals surface area (Å²) in [6.07, 6.45) is 5.18. The van der Waals surface area contributed by atoms with Crippen molar-refractivity contribution in [2.75, 3.05) is 19.8 Å². The second kappa shape index (κ2) is 8.61. The summed E-state index contributed by atoms with van der Waals surface area (Å²) in [5.41, 5.74) is 1.40. The first-order valence-electron chi connectivity index (χ1n) is 12.0. The summed E-state index contributed by atoms with van der Waals surface area (Å²) in [5, 5.41) is 14.8. The molecule has 9 nitrogen and oxygen atoms in total. The first-order valence-corrected chi connectivity index (χ1v) is 12.0. The van der Waals surface area contributed by atoms with Gasteiger partial charge in [-0.15, -0.1) is 0 Å². The number of aliphatic hydroxyl groups is 1. The molecule has 2 bridgehead atoms. The second-order valence-corrected chi connectivity index (χ2v) is 9.76. The van der Waals surface area contributed by atoms with Crippen molar-refractivity contribution in [2.24, 2.45) is 0 Å². The van der Waals surface area contributed by atoms with Gasteiger partial charge >= 0.3 is 0 Å². The SMILES string of the molecule is Cc1ccc2ncc(F)c(CC(O)C34CCC(NCc5ncc6c(n5)OCCO6)(CC3)CO4)c2n1. The number of nitrogens with zero attached hydrogens (tertiary/aromatic N) is 4. The Hall–Kier alpha value is -2.95. The summed E-state index contributed by atoms with van der Waals surface area (Å²) >= 11 is 0. The topological polar surface area (TPSA) is 112 Å². The van der Waals surface area contributed by atoms with E-state index in [0.717, 1.165) is 18.5 Å². The predicted molar refractivity (Wildman–Crippen MR) is 124 cm³/mol. The maximum absolute atomic E-state index is 14.8. The first kappa shape index (κ1) is 22.5. The largest absolute Gasteiger partial charge is 0.483 e. The van der Waals surface area contributed by atoms with Gasteiger partial charge in [-0.05, 0) is 44.7 Å². The molecule has 3 aromatic rings. The number of halogens is 1. The maximum Gasteiger partial charge on any atom is 0.260 e. The van der Waals surface area contributed by atoms with E-state index in [1.165, 1.54) is 6.20 Å². The van der Waals surface area contributed by atoms with Crippen molar-refractivity contribution in [2.45, 2.75) is 62.8 Å². The summed E-state index contributed by atoms with van der Waals surface area (Å²) in [5.74, 6) is 1.23. The Labute approximate surface area is 202 Å². The molecule has 6 heterocycles. The average molecular weight is 482 g/mol. The van der Waals surface area contributed by atoms with E-state index in [-0.39, 0.29) is 12.0 Å². The van der Waals surface area contributed by atoms with E-state index in [9.17, 15) is 9.50 Å². The quantitative estimate of drug-likeness (QED) is 0.548. The maximum atomic E-state index is 14.8. The van der Waals surface area contributed by atoms with Gasteiger partial charge in [-0.3, -0.25) is 9.97 Å². The van der Waals surface area contributed by atoms with Gasteiger partial charge in [0.05, 0.1) is 48.3 Å². The Balaban J connectivity index is 1.13. The van der Waals surface area contributed by atoms with Crippen LogP contribution >= 0.6 is 0 Å². The number of hydrogen-bond donors (Lipinski definition) is 2. The molecule has 1 saturated carbocycles. The number of aromatic nitrogens is 4. The smallest absolute Gasteiger partial charge is 0.260 e. The lowest BCUT2D eigenvalue weighted by atomic mass is 9.68. The summed E-state index contributed by atoms with van der Waals surface area (Å²) in [6.45, 7) is 3.79. The van der Waals surface area contributed by atoms with Crippen LogP contribution in [0.1, 0.15) is 42.8 Å². The third kappa shape index (κ3) is 4.09. The number of pyridine rings is 2. The number of aryl methyl sites for hydroxylation is 1. The minimum Gasteiger partial charge on any atom is -0.483 e. The van der Waals surface area contributed by atoms with E-state index in [1.807, 2.05) is 19.1 Å². The molecule has 1 aliphatic carbocycles. The zero-order chi connectivity index (χ0) is 24.0. The molecule has 4 aliphatic rings. The highest BCUT2D eigenvalue weighted by Crippen LogP contribution is 2.46. The molecule has 1 atom stereocenters. The van der Waals surface area contributed by atoms with Gasteiger partial charge in [0.2, 0.25) is 0 Å². The predicted octanol–water partition coefficient (Wildman–Crippen LogP) is 2.41. The molecular weight excluding hydrogens is 453 g/mol. The molecule has 3 aromatic heterocycles. The van der Waals surface area contributed by atoms with Gasteiger partial charge in [0.1, 0.15) is 24.9 Å². The molecule has 10 heteroatoms. The molecule has 0 radical (unpaired) electrons. The van der Waals surface area contributed by atoms with E-state index in [2.05, 4.69) is 25.3 Å². The highest BCUT2D eigenvalue weighted by Gasteiger charge is 2.53. The van der Waals surface area contributed by atoms with Crippen molar-refractivity contribution in [1.29, 1.82) is 0 Å². The third-order valence-corrected chi connectivity index (χ3v) is 7.57. The highest BCUT2D eigenvalue weighted by atomic mass is 19.1. The van der Waals surface area contributed by atoms with Gasteiger partial charge in [-0.1, -0.05) is 0 Å². The van der Waals surface area contributed by atoms with Crippen LogP contribution in [0.3, 0.4) is 0 Å². The van der Waals surface area contributed by atoms with Gasteiger partial charge in [-0.2, -0.15) is 4.98 Å². The van der Waals surface area contributed by atoms with Crippen LogP contribution in [0.15, 0.2) is 24.5 Å². The Bertz CT molecular complexity index is 1240. The zero-order valence-electron chi connectivity index (χ0n) is 19.6. The van der Waals surface area contributed by atoms with E-state index in [4.69, 9.17) is 14.2 Å². The minimum atomic E-state index is -0.843. The van der Waals surface area contributed by atoms with Crippen LogP contribution in [-0.2, 0) is 17.7 Å². The normalized spacial score (nSPS) is 26.1. The number of hydrogen-bond acceptors (Lipinski definition) is 9. The lowest BCUT2D eigenvalue weighted by Crippen LogP contribution is -2.65. The third-order valence-electron chi connectivity index (χ3n) is 7.57. The van der Waals surface area contributed by atoms with Gasteiger partial charge in [0.25, 0.3) is 5.88 Å². The lowest BCUT2D eigenvalue weighted by Gasteiger charge is -2.55. The fourth-order valence-corrected chi connectivity index (χ4v) is 5.38. The Morgan fingerprint density at radius 1 is 1.09 bits per heavy atom. The van der Waals surface area contributed by atoms with Crippen LogP contribution in [0.2, 0.25) is 0 Å². The summed E-state index contributed by atoms with van der Waals surface area (Å²) in [4.78, 5) is 17.5. The highest BCUT2D eigenvalue weighted by molar-refractivity contribution is 5.78. The van der Waals surface area contributed by atoms with Gasteiger partial charge < -0.3 is 24.6 Å². The number of nitrogens with one attached hydrogen (secondary N) is 1. The second-order valence-electron chi connectivity index (χ2n) is 9.76.